The van der Waals surface area contributed by atoms with E-state index in [2.05, 4.69) is 32.3 Å². The van der Waals surface area contributed by atoms with Gasteiger partial charge in [-0.1, -0.05) is 6.92 Å². The Morgan fingerprint density at radius 3 is 2.81 bits per heavy atom. The fraction of sp³-hybridized carbons (Fsp3) is 0.800. The SMILES string of the molecule is CC1CCN(CCCNC(=O)c2n[nH]c(C3CC3)n2)CC1. The van der Waals surface area contributed by atoms with Crippen molar-refractivity contribution in [3.8, 4) is 0 Å². The number of nitrogens with one attached hydrogen (secondary N) is 2. The van der Waals surface area contributed by atoms with Crippen LogP contribution in [0.4, 0.5) is 0 Å². The fourth-order valence-corrected chi connectivity index (χ4v) is 2.78. The number of hydrogen-bond donors (Lipinski definition) is 2. The van der Waals surface area contributed by atoms with Crippen LogP contribution in [0.15, 0.2) is 0 Å². The molecule has 1 aliphatic heterocycles. The molecule has 0 spiro atoms. The van der Waals surface area contributed by atoms with Crippen LogP contribution >= 0.6 is 0 Å². The minimum Gasteiger partial charge on any atom is -0.349 e. The Morgan fingerprint density at radius 1 is 1.33 bits per heavy atom. The van der Waals surface area contributed by atoms with Gasteiger partial charge in [0.25, 0.3) is 5.91 Å². The Balaban J connectivity index is 1.33. The number of hydrogen-bond acceptors (Lipinski definition) is 4. The highest BCUT2D eigenvalue weighted by atomic mass is 16.2. The smallest absolute Gasteiger partial charge is 0.290 e. The number of carbonyl (C=O) groups is 1. The maximum Gasteiger partial charge on any atom is 0.290 e. The first-order valence-corrected chi connectivity index (χ1v) is 8.15. The molecular weight excluding hydrogens is 266 g/mol. The zero-order valence-electron chi connectivity index (χ0n) is 12.8. The first kappa shape index (κ1) is 14.5. The highest BCUT2D eigenvalue weighted by molar-refractivity contribution is 5.90. The lowest BCUT2D eigenvalue weighted by Crippen LogP contribution is -2.35. The molecule has 2 fully saturated rings. The van der Waals surface area contributed by atoms with E-state index in [0.29, 0.717) is 12.5 Å². The van der Waals surface area contributed by atoms with Crippen LogP contribution in [0.3, 0.4) is 0 Å². The van der Waals surface area contributed by atoms with Gasteiger partial charge in [0, 0.05) is 12.5 Å². The quantitative estimate of drug-likeness (QED) is 0.780. The number of aromatic amines is 1. The molecule has 0 radical (unpaired) electrons. The van der Waals surface area contributed by atoms with E-state index in [1.54, 1.807) is 0 Å². The summed E-state index contributed by atoms with van der Waals surface area (Å²) in [5, 5.41) is 9.77. The van der Waals surface area contributed by atoms with Crippen molar-refractivity contribution >= 4 is 5.91 Å². The predicted molar refractivity (Wildman–Crippen MR) is 80.1 cm³/mol. The first-order chi connectivity index (χ1) is 10.2. The lowest BCUT2D eigenvalue weighted by molar-refractivity contribution is 0.0940. The predicted octanol–water partition coefficient (Wildman–Crippen LogP) is 1.53. The number of rotatable bonds is 6. The average Bonchev–Trinajstić information content (AvgIpc) is 3.22. The van der Waals surface area contributed by atoms with Crippen LogP contribution in [0.25, 0.3) is 0 Å². The Kier molecular flexibility index (Phi) is 4.53. The van der Waals surface area contributed by atoms with Gasteiger partial charge in [0.1, 0.15) is 5.82 Å². The van der Waals surface area contributed by atoms with Crippen LogP contribution in [-0.4, -0.2) is 52.2 Å². The van der Waals surface area contributed by atoms with Crippen molar-refractivity contribution < 1.29 is 4.79 Å². The van der Waals surface area contributed by atoms with E-state index in [1.807, 2.05) is 0 Å². The third-order valence-electron chi connectivity index (χ3n) is 4.48. The number of piperidine rings is 1. The lowest BCUT2D eigenvalue weighted by Gasteiger charge is -2.30. The van der Waals surface area contributed by atoms with Crippen molar-refractivity contribution in [3.63, 3.8) is 0 Å². The maximum atomic E-state index is 11.9. The molecule has 1 aromatic heterocycles. The van der Waals surface area contributed by atoms with Gasteiger partial charge < -0.3 is 10.2 Å². The Labute approximate surface area is 125 Å². The summed E-state index contributed by atoms with van der Waals surface area (Å²) in [7, 11) is 0. The molecule has 2 aliphatic rings. The van der Waals surface area contributed by atoms with E-state index in [-0.39, 0.29) is 11.7 Å². The summed E-state index contributed by atoms with van der Waals surface area (Å²) in [4.78, 5) is 18.7. The van der Waals surface area contributed by atoms with Gasteiger partial charge in [-0.15, -0.1) is 5.10 Å². The van der Waals surface area contributed by atoms with Gasteiger partial charge >= 0.3 is 0 Å². The van der Waals surface area contributed by atoms with Gasteiger partial charge in [-0.05, 0) is 57.7 Å². The van der Waals surface area contributed by atoms with Crippen molar-refractivity contribution in [2.75, 3.05) is 26.2 Å². The first-order valence-electron chi connectivity index (χ1n) is 8.15. The third kappa shape index (κ3) is 4.03. The maximum absolute atomic E-state index is 11.9. The van der Waals surface area contributed by atoms with Crippen LogP contribution in [0.1, 0.15) is 61.4 Å². The number of amides is 1. The highest BCUT2D eigenvalue weighted by Gasteiger charge is 2.28. The third-order valence-corrected chi connectivity index (χ3v) is 4.48. The standard InChI is InChI=1S/C15H25N5O/c1-11-5-9-20(10-6-11)8-2-7-16-15(21)14-17-13(18-19-14)12-3-4-12/h11-12H,2-10H2,1H3,(H,16,21)(H,17,18,19). The van der Waals surface area contributed by atoms with Crippen LogP contribution in [0.5, 0.6) is 0 Å². The molecule has 0 bridgehead atoms. The molecule has 1 amide bonds. The molecule has 1 saturated carbocycles. The molecule has 3 rings (SSSR count). The molecule has 0 atom stereocenters. The van der Waals surface area contributed by atoms with E-state index in [0.717, 1.165) is 37.5 Å². The Morgan fingerprint density at radius 2 is 2.10 bits per heavy atom. The van der Waals surface area contributed by atoms with Gasteiger partial charge in [0.05, 0.1) is 0 Å². The molecule has 1 saturated heterocycles. The van der Waals surface area contributed by atoms with Crippen molar-refractivity contribution in [1.82, 2.24) is 25.4 Å². The molecule has 6 nitrogen and oxygen atoms in total. The van der Waals surface area contributed by atoms with Crippen molar-refractivity contribution in [3.05, 3.63) is 11.6 Å². The van der Waals surface area contributed by atoms with Gasteiger partial charge in [-0.25, -0.2) is 4.98 Å². The minimum atomic E-state index is -0.162. The summed E-state index contributed by atoms with van der Waals surface area (Å²) in [6.07, 6.45) is 5.90. The van der Waals surface area contributed by atoms with Crippen LogP contribution < -0.4 is 5.32 Å². The number of aromatic nitrogens is 3. The second-order valence-electron chi connectivity index (χ2n) is 6.45. The molecule has 2 N–H and O–H groups in total. The van der Waals surface area contributed by atoms with E-state index < -0.39 is 0 Å². The summed E-state index contributed by atoms with van der Waals surface area (Å²) in [6.45, 7) is 6.47. The van der Waals surface area contributed by atoms with Crippen LogP contribution in [-0.2, 0) is 0 Å². The average molecular weight is 291 g/mol. The van der Waals surface area contributed by atoms with Crippen LogP contribution in [0, 0.1) is 5.92 Å². The molecular formula is C15H25N5O. The molecule has 116 valence electrons. The molecule has 1 aliphatic carbocycles. The van der Waals surface area contributed by atoms with Gasteiger partial charge in [-0.3, -0.25) is 9.89 Å². The van der Waals surface area contributed by atoms with Gasteiger partial charge in [0.15, 0.2) is 0 Å². The van der Waals surface area contributed by atoms with E-state index in [1.165, 1.54) is 25.9 Å². The number of likely N-dealkylation sites (tertiary alicyclic amines) is 1. The number of H-pyrrole nitrogens is 1. The zero-order valence-corrected chi connectivity index (χ0v) is 12.8. The lowest BCUT2D eigenvalue weighted by atomic mass is 9.99. The summed E-state index contributed by atoms with van der Waals surface area (Å²) >= 11 is 0. The summed E-state index contributed by atoms with van der Waals surface area (Å²) in [5.41, 5.74) is 0. The molecule has 2 heterocycles. The molecule has 1 aromatic rings. The van der Waals surface area contributed by atoms with Gasteiger partial charge in [-0.2, -0.15) is 0 Å². The number of carbonyl (C=O) groups excluding carboxylic acids is 1. The van der Waals surface area contributed by atoms with Crippen molar-refractivity contribution in [2.24, 2.45) is 5.92 Å². The highest BCUT2D eigenvalue weighted by Crippen LogP contribution is 2.37. The molecule has 6 heteroatoms. The summed E-state index contributed by atoms with van der Waals surface area (Å²) in [5.74, 6) is 2.35. The van der Waals surface area contributed by atoms with E-state index in [9.17, 15) is 4.79 Å². The van der Waals surface area contributed by atoms with Gasteiger partial charge in [0.2, 0.25) is 5.82 Å². The molecule has 0 aromatic carbocycles. The van der Waals surface area contributed by atoms with E-state index >= 15 is 0 Å². The topological polar surface area (TPSA) is 73.9 Å². The molecule has 21 heavy (non-hydrogen) atoms. The van der Waals surface area contributed by atoms with E-state index in [4.69, 9.17) is 0 Å². The van der Waals surface area contributed by atoms with Crippen LogP contribution in [0.2, 0.25) is 0 Å². The normalized spacial score (nSPS) is 20.6. The summed E-state index contributed by atoms with van der Waals surface area (Å²) < 4.78 is 0. The summed E-state index contributed by atoms with van der Waals surface area (Å²) in [6, 6.07) is 0. The second kappa shape index (κ2) is 6.56. The zero-order chi connectivity index (χ0) is 14.7. The molecule has 0 unspecified atom stereocenters. The Hall–Kier alpha value is -1.43. The fourth-order valence-electron chi connectivity index (χ4n) is 2.78. The second-order valence-corrected chi connectivity index (χ2v) is 6.45. The number of nitrogens with zero attached hydrogens (tertiary/aromatic N) is 3. The largest absolute Gasteiger partial charge is 0.349 e. The minimum absolute atomic E-state index is 0.162. The van der Waals surface area contributed by atoms with Crippen molar-refractivity contribution in [1.29, 1.82) is 0 Å². The van der Waals surface area contributed by atoms with Crippen molar-refractivity contribution in [2.45, 2.75) is 44.9 Å². The Bertz CT molecular complexity index is 474. The monoisotopic (exact) mass is 291 g/mol.